The van der Waals surface area contributed by atoms with Crippen LogP contribution in [0.25, 0.3) is 5.65 Å². The van der Waals surface area contributed by atoms with Crippen molar-refractivity contribution in [2.75, 3.05) is 19.6 Å². The lowest BCUT2D eigenvalue weighted by atomic mass is 9.55. The van der Waals surface area contributed by atoms with Crippen molar-refractivity contribution < 1.29 is 9.53 Å². The highest BCUT2D eigenvalue weighted by Gasteiger charge is 2.70. The molecule has 2 aromatic rings. The van der Waals surface area contributed by atoms with Gasteiger partial charge in [0.05, 0.1) is 18.4 Å². The lowest BCUT2D eigenvalue weighted by Gasteiger charge is -2.49. The molecule has 1 aliphatic heterocycles. The second-order valence-electron chi connectivity index (χ2n) is 11.2. The Kier molecular flexibility index (Phi) is 3.94. The lowest BCUT2D eigenvalue weighted by molar-refractivity contribution is -0.00254. The summed E-state index contributed by atoms with van der Waals surface area (Å²) in [7, 11) is 0. The van der Waals surface area contributed by atoms with Crippen LogP contribution in [0.15, 0.2) is 24.4 Å². The van der Waals surface area contributed by atoms with E-state index in [4.69, 9.17) is 4.74 Å². The fourth-order valence-corrected chi connectivity index (χ4v) is 8.39. The molecule has 6 nitrogen and oxygen atoms in total. The van der Waals surface area contributed by atoms with Crippen LogP contribution in [0.3, 0.4) is 0 Å². The van der Waals surface area contributed by atoms with Gasteiger partial charge in [-0.3, -0.25) is 9.20 Å². The van der Waals surface area contributed by atoms with Crippen molar-refractivity contribution in [2.45, 2.75) is 57.7 Å². The van der Waals surface area contributed by atoms with Crippen LogP contribution in [0.4, 0.5) is 0 Å². The number of imidazole rings is 1. The third-order valence-corrected chi connectivity index (χ3v) is 9.47. The molecule has 4 aliphatic carbocycles. The number of hydrogen-bond donors (Lipinski definition) is 2. The zero-order valence-electron chi connectivity index (χ0n) is 18.1. The first-order valence-corrected chi connectivity index (χ1v) is 12.2. The number of nitrogens with zero attached hydrogens (tertiary/aromatic N) is 2. The Labute approximate surface area is 183 Å². The molecule has 2 N–H and O–H groups in total. The van der Waals surface area contributed by atoms with Gasteiger partial charge in [-0.15, -0.1) is 0 Å². The van der Waals surface area contributed by atoms with E-state index in [1.807, 2.05) is 28.8 Å². The summed E-state index contributed by atoms with van der Waals surface area (Å²) in [6, 6.07) is 5.80. The van der Waals surface area contributed by atoms with Crippen LogP contribution >= 0.6 is 0 Å². The number of pyridine rings is 1. The largest absolute Gasteiger partial charge is 0.370 e. The van der Waals surface area contributed by atoms with Gasteiger partial charge < -0.3 is 15.4 Å². The Morgan fingerprint density at radius 3 is 3.13 bits per heavy atom. The number of nitrogens with one attached hydrogen (secondary N) is 2. The van der Waals surface area contributed by atoms with Gasteiger partial charge in [0, 0.05) is 19.3 Å². The van der Waals surface area contributed by atoms with E-state index in [1.165, 1.54) is 38.5 Å². The van der Waals surface area contributed by atoms with Crippen LogP contribution in [-0.4, -0.2) is 41.0 Å². The number of hydrogen-bond acceptors (Lipinski definition) is 4. The van der Waals surface area contributed by atoms with Gasteiger partial charge >= 0.3 is 0 Å². The Bertz CT molecular complexity index is 1040. The number of fused-ring (bicyclic) bond motifs is 3. The lowest BCUT2D eigenvalue weighted by Crippen LogP contribution is -2.43. The van der Waals surface area contributed by atoms with E-state index in [0.29, 0.717) is 23.1 Å². The van der Waals surface area contributed by atoms with Crippen LogP contribution in [0.2, 0.25) is 0 Å². The zero-order valence-corrected chi connectivity index (χ0v) is 18.1. The molecule has 2 aromatic heterocycles. The monoisotopic (exact) mass is 420 g/mol. The Hall–Kier alpha value is -1.92. The van der Waals surface area contributed by atoms with Crippen LogP contribution in [-0.2, 0) is 11.3 Å². The molecular formula is C25H32N4O2. The van der Waals surface area contributed by atoms with Crippen LogP contribution in [0.1, 0.15) is 61.1 Å². The number of rotatable bonds is 6. The van der Waals surface area contributed by atoms with E-state index in [1.54, 1.807) is 0 Å². The maximum atomic E-state index is 13.2. The van der Waals surface area contributed by atoms with Crippen LogP contribution < -0.4 is 10.6 Å². The quantitative estimate of drug-likeness (QED) is 0.753. The molecular weight excluding hydrogens is 388 g/mol. The van der Waals surface area contributed by atoms with Crippen molar-refractivity contribution in [3.05, 3.63) is 35.8 Å². The molecule has 5 aliphatic rings. The fraction of sp³-hybridized carbons (Fsp3) is 0.680. The molecule has 31 heavy (non-hydrogen) atoms. The summed E-state index contributed by atoms with van der Waals surface area (Å²) in [4.78, 5) is 17.9. The number of amides is 1. The molecule has 0 radical (unpaired) electrons. The maximum absolute atomic E-state index is 13.2. The Morgan fingerprint density at radius 1 is 1.26 bits per heavy atom. The average molecular weight is 421 g/mol. The third-order valence-electron chi connectivity index (χ3n) is 9.47. The van der Waals surface area contributed by atoms with Crippen molar-refractivity contribution in [3.8, 4) is 0 Å². The van der Waals surface area contributed by atoms with Gasteiger partial charge in [-0.05, 0) is 92.2 Å². The molecule has 5 fully saturated rings. The topological polar surface area (TPSA) is 67.7 Å². The molecule has 164 valence electrons. The molecule has 1 spiro atoms. The number of aromatic nitrogens is 2. The minimum absolute atomic E-state index is 0.0241. The molecule has 3 heterocycles. The second-order valence-corrected chi connectivity index (χ2v) is 11.2. The summed E-state index contributed by atoms with van der Waals surface area (Å²) < 4.78 is 7.91. The summed E-state index contributed by atoms with van der Waals surface area (Å²) in [5, 5.41) is 6.66. The van der Waals surface area contributed by atoms with Gasteiger partial charge in [0.2, 0.25) is 0 Å². The Balaban J connectivity index is 1.06. The van der Waals surface area contributed by atoms with E-state index < -0.39 is 0 Å². The first-order valence-electron chi connectivity index (χ1n) is 12.2. The van der Waals surface area contributed by atoms with E-state index in [-0.39, 0.29) is 12.0 Å². The fourth-order valence-electron chi connectivity index (χ4n) is 8.39. The molecule has 7 rings (SSSR count). The minimum Gasteiger partial charge on any atom is -0.370 e. The molecule has 1 amide bonds. The predicted molar refractivity (Wildman–Crippen MR) is 117 cm³/mol. The molecule has 3 bridgehead atoms. The standard InChI is InChI=1S/C25H32N4O2/c30-23(27-15-24-8-16-6-17-7-18(10-24)25(17,9-16)14-24)21-2-1-3-22-28-19(12-29(21)22)13-31-20-4-5-26-11-20/h1-3,12,16-18,20,26H,4-11,13-15H2,(H,27,30). The van der Waals surface area contributed by atoms with Crippen LogP contribution in [0, 0.1) is 28.6 Å². The smallest absolute Gasteiger partial charge is 0.268 e. The SMILES string of the molecule is O=C(NCC12CC3CC4CC(C1)C4(C3)C2)c1cccc2nc(COC3CCNC3)cn12. The van der Waals surface area contributed by atoms with Gasteiger partial charge in [0.25, 0.3) is 5.91 Å². The molecule has 0 aromatic carbocycles. The molecule has 4 saturated carbocycles. The van der Waals surface area contributed by atoms with Gasteiger partial charge in [-0.25, -0.2) is 4.98 Å². The highest BCUT2D eigenvalue weighted by Crippen LogP contribution is 2.78. The minimum atomic E-state index is 0.0241. The highest BCUT2D eigenvalue weighted by molar-refractivity contribution is 5.93. The molecule has 1 saturated heterocycles. The van der Waals surface area contributed by atoms with E-state index in [0.717, 1.165) is 55.1 Å². The van der Waals surface area contributed by atoms with Crippen molar-refractivity contribution in [1.29, 1.82) is 0 Å². The zero-order chi connectivity index (χ0) is 20.6. The summed E-state index contributed by atoms with van der Waals surface area (Å²) in [5.74, 6) is 2.88. The summed E-state index contributed by atoms with van der Waals surface area (Å²) >= 11 is 0. The van der Waals surface area contributed by atoms with Crippen molar-refractivity contribution in [2.24, 2.45) is 28.6 Å². The van der Waals surface area contributed by atoms with E-state index in [9.17, 15) is 4.79 Å². The molecule has 6 atom stereocenters. The predicted octanol–water partition coefficient (Wildman–Crippen LogP) is 3.16. The van der Waals surface area contributed by atoms with Crippen molar-refractivity contribution in [3.63, 3.8) is 0 Å². The van der Waals surface area contributed by atoms with Crippen molar-refractivity contribution in [1.82, 2.24) is 20.0 Å². The normalized spacial score (nSPS) is 39.7. The number of carbonyl (C=O) groups is 1. The maximum Gasteiger partial charge on any atom is 0.268 e. The Morgan fingerprint density at radius 2 is 2.23 bits per heavy atom. The van der Waals surface area contributed by atoms with Crippen LogP contribution in [0.5, 0.6) is 0 Å². The number of carbonyl (C=O) groups excluding carboxylic acids is 1. The summed E-state index contributed by atoms with van der Waals surface area (Å²) in [6.45, 7) is 3.25. The van der Waals surface area contributed by atoms with Gasteiger partial charge in [0.1, 0.15) is 11.3 Å². The van der Waals surface area contributed by atoms with Gasteiger partial charge in [-0.1, -0.05) is 6.07 Å². The van der Waals surface area contributed by atoms with Crippen molar-refractivity contribution >= 4 is 11.6 Å². The average Bonchev–Trinajstić information content (AvgIpc) is 3.49. The van der Waals surface area contributed by atoms with Gasteiger partial charge in [0.15, 0.2) is 0 Å². The second kappa shape index (κ2) is 6.55. The summed E-state index contributed by atoms with van der Waals surface area (Å²) in [6.07, 6.45) is 11.7. The number of ether oxygens (including phenoxy) is 1. The highest BCUT2D eigenvalue weighted by atomic mass is 16.5. The van der Waals surface area contributed by atoms with E-state index >= 15 is 0 Å². The third kappa shape index (κ3) is 2.77. The van der Waals surface area contributed by atoms with Gasteiger partial charge in [-0.2, -0.15) is 0 Å². The molecule has 6 unspecified atom stereocenters. The summed E-state index contributed by atoms with van der Waals surface area (Å²) in [5.41, 5.74) is 3.39. The first-order chi connectivity index (χ1) is 15.1. The van der Waals surface area contributed by atoms with E-state index in [2.05, 4.69) is 15.6 Å². The first kappa shape index (κ1) is 18.6. The molecule has 6 heteroatoms.